The van der Waals surface area contributed by atoms with E-state index in [9.17, 15) is 4.79 Å². The third-order valence-electron chi connectivity index (χ3n) is 6.45. The van der Waals surface area contributed by atoms with Crippen LogP contribution in [0, 0.1) is 0 Å². The van der Waals surface area contributed by atoms with Gasteiger partial charge in [-0.2, -0.15) is 0 Å². The highest BCUT2D eigenvalue weighted by atomic mass is 35.5. The molecule has 6 nitrogen and oxygen atoms in total. The van der Waals surface area contributed by atoms with E-state index >= 15 is 0 Å². The SMILES string of the molecule is CCOc1ccccc1N1CCN(Cc2cc3ccc(Cl)cc3n(Cc3ccccn3)c2=O)CC1. The van der Waals surface area contributed by atoms with Crippen molar-refractivity contribution in [3.63, 3.8) is 0 Å². The number of hydrogen-bond acceptors (Lipinski definition) is 5. The first-order valence-electron chi connectivity index (χ1n) is 12.0. The number of rotatable bonds is 7. The first-order chi connectivity index (χ1) is 17.1. The maximum atomic E-state index is 13.6. The van der Waals surface area contributed by atoms with E-state index in [-0.39, 0.29) is 5.56 Å². The van der Waals surface area contributed by atoms with Crippen molar-refractivity contribution in [1.82, 2.24) is 14.5 Å². The van der Waals surface area contributed by atoms with Gasteiger partial charge in [-0.3, -0.25) is 14.7 Å². The second kappa shape index (κ2) is 10.5. The molecule has 1 aliphatic rings. The van der Waals surface area contributed by atoms with Crippen molar-refractivity contribution in [1.29, 1.82) is 0 Å². The Balaban J connectivity index is 1.38. The van der Waals surface area contributed by atoms with Gasteiger partial charge in [-0.1, -0.05) is 35.9 Å². The van der Waals surface area contributed by atoms with E-state index in [4.69, 9.17) is 16.3 Å². The largest absolute Gasteiger partial charge is 0.492 e. The van der Waals surface area contributed by atoms with E-state index in [1.54, 1.807) is 10.8 Å². The van der Waals surface area contributed by atoms with Crippen molar-refractivity contribution in [3.05, 3.63) is 99.6 Å². The van der Waals surface area contributed by atoms with Gasteiger partial charge in [0.05, 0.1) is 30.0 Å². The second-order valence-corrected chi connectivity index (χ2v) is 9.19. The third kappa shape index (κ3) is 5.19. The number of nitrogens with zero attached hydrogens (tertiary/aromatic N) is 4. The summed E-state index contributed by atoms with van der Waals surface area (Å²) in [6, 6.07) is 21.7. The van der Waals surface area contributed by atoms with Gasteiger partial charge in [-0.05, 0) is 54.8 Å². The van der Waals surface area contributed by atoms with Crippen LogP contribution in [0.3, 0.4) is 0 Å². The second-order valence-electron chi connectivity index (χ2n) is 8.75. The number of pyridine rings is 2. The lowest BCUT2D eigenvalue weighted by molar-refractivity contribution is 0.247. The van der Waals surface area contributed by atoms with Crippen LogP contribution >= 0.6 is 11.6 Å². The van der Waals surface area contributed by atoms with Crippen molar-refractivity contribution in [2.45, 2.75) is 20.0 Å². The summed E-state index contributed by atoms with van der Waals surface area (Å²) in [7, 11) is 0. The van der Waals surface area contributed by atoms with Crippen LogP contribution in [0.5, 0.6) is 5.75 Å². The normalized spacial score (nSPS) is 14.4. The van der Waals surface area contributed by atoms with E-state index in [1.807, 2.05) is 61.5 Å². The Labute approximate surface area is 210 Å². The monoisotopic (exact) mass is 488 g/mol. The molecule has 3 heterocycles. The number of piperazine rings is 1. The minimum Gasteiger partial charge on any atom is -0.492 e. The van der Waals surface area contributed by atoms with E-state index in [0.29, 0.717) is 24.7 Å². The van der Waals surface area contributed by atoms with Crippen LogP contribution in [0.1, 0.15) is 18.2 Å². The van der Waals surface area contributed by atoms with Gasteiger partial charge in [0, 0.05) is 49.5 Å². The molecule has 4 aromatic rings. The molecule has 1 aliphatic heterocycles. The van der Waals surface area contributed by atoms with Crippen molar-refractivity contribution in [2.24, 2.45) is 0 Å². The number of benzene rings is 2. The van der Waals surface area contributed by atoms with Gasteiger partial charge in [0.2, 0.25) is 0 Å². The Morgan fingerprint density at radius 1 is 0.943 bits per heavy atom. The van der Waals surface area contributed by atoms with Gasteiger partial charge in [0.15, 0.2) is 0 Å². The number of hydrogen-bond donors (Lipinski definition) is 0. The zero-order valence-corrected chi connectivity index (χ0v) is 20.6. The molecule has 2 aromatic heterocycles. The Morgan fingerprint density at radius 3 is 2.51 bits per heavy atom. The van der Waals surface area contributed by atoms with Crippen LogP contribution < -0.4 is 15.2 Å². The standard InChI is InChI=1S/C28H29ClN4O2/c1-2-35-27-9-4-3-8-25(27)32-15-13-31(14-16-32)19-22-17-21-10-11-23(29)18-26(21)33(28(22)34)20-24-7-5-6-12-30-24/h3-12,17-18H,2,13-16,19-20H2,1H3. The molecule has 35 heavy (non-hydrogen) atoms. The zero-order chi connectivity index (χ0) is 24.2. The average molecular weight is 489 g/mol. The van der Waals surface area contributed by atoms with Crippen LogP contribution in [-0.4, -0.2) is 47.2 Å². The number of aromatic nitrogens is 2. The number of fused-ring (bicyclic) bond motifs is 1. The van der Waals surface area contributed by atoms with Crippen LogP contribution in [0.2, 0.25) is 5.02 Å². The van der Waals surface area contributed by atoms with Crippen LogP contribution in [0.25, 0.3) is 10.9 Å². The zero-order valence-electron chi connectivity index (χ0n) is 19.9. The molecule has 0 N–H and O–H groups in total. The number of para-hydroxylation sites is 2. The highest BCUT2D eigenvalue weighted by molar-refractivity contribution is 6.31. The van der Waals surface area contributed by atoms with Gasteiger partial charge in [-0.15, -0.1) is 0 Å². The van der Waals surface area contributed by atoms with Gasteiger partial charge in [-0.25, -0.2) is 0 Å². The topological polar surface area (TPSA) is 50.6 Å². The Hall–Kier alpha value is -3.35. The molecular weight excluding hydrogens is 460 g/mol. The summed E-state index contributed by atoms with van der Waals surface area (Å²) in [4.78, 5) is 22.8. The fourth-order valence-corrected chi connectivity index (χ4v) is 4.88. The molecule has 7 heteroatoms. The predicted octanol–water partition coefficient (Wildman–Crippen LogP) is 4.82. The fourth-order valence-electron chi connectivity index (χ4n) is 4.71. The van der Waals surface area contributed by atoms with Crippen LogP contribution in [0.15, 0.2) is 77.7 Å². The van der Waals surface area contributed by atoms with Gasteiger partial charge in [0.25, 0.3) is 5.56 Å². The van der Waals surface area contributed by atoms with Crippen LogP contribution in [0.4, 0.5) is 5.69 Å². The van der Waals surface area contributed by atoms with E-state index < -0.39 is 0 Å². The first kappa shape index (κ1) is 23.4. The predicted molar refractivity (Wildman–Crippen MR) is 142 cm³/mol. The summed E-state index contributed by atoms with van der Waals surface area (Å²) in [5, 5.41) is 1.62. The molecule has 1 fully saturated rings. The summed E-state index contributed by atoms with van der Waals surface area (Å²) in [5.41, 5.74) is 3.60. The molecule has 1 saturated heterocycles. The molecule has 5 rings (SSSR count). The van der Waals surface area contributed by atoms with Crippen molar-refractivity contribution < 1.29 is 4.74 Å². The van der Waals surface area contributed by atoms with Crippen molar-refractivity contribution >= 4 is 28.2 Å². The molecule has 0 bridgehead atoms. The highest BCUT2D eigenvalue weighted by Gasteiger charge is 2.21. The molecular formula is C28H29ClN4O2. The number of anilines is 1. The lowest BCUT2D eigenvalue weighted by Crippen LogP contribution is -2.46. The summed E-state index contributed by atoms with van der Waals surface area (Å²) in [6.45, 7) is 7.19. The summed E-state index contributed by atoms with van der Waals surface area (Å²) < 4.78 is 7.62. The lowest BCUT2D eigenvalue weighted by atomic mass is 10.1. The maximum Gasteiger partial charge on any atom is 0.255 e. The molecule has 180 valence electrons. The maximum absolute atomic E-state index is 13.6. The molecule has 0 spiro atoms. The smallest absolute Gasteiger partial charge is 0.255 e. The molecule has 0 atom stereocenters. The molecule has 0 amide bonds. The quantitative estimate of drug-likeness (QED) is 0.373. The number of halogens is 1. The molecule has 0 saturated carbocycles. The molecule has 0 aliphatic carbocycles. The molecule has 0 radical (unpaired) electrons. The highest BCUT2D eigenvalue weighted by Crippen LogP contribution is 2.29. The summed E-state index contributed by atoms with van der Waals surface area (Å²) in [5.74, 6) is 0.925. The average Bonchev–Trinajstić information content (AvgIpc) is 2.88. The van der Waals surface area contributed by atoms with E-state index in [2.05, 4.69) is 26.9 Å². The molecule has 2 aromatic carbocycles. The van der Waals surface area contributed by atoms with Crippen LogP contribution in [-0.2, 0) is 13.1 Å². The Kier molecular flexibility index (Phi) is 7.02. The minimum absolute atomic E-state index is 0.00883. The summed E-state index contributed by atoms with van der Waals surface area (Å²) >= 11 is 6.28. The minimum atomic E-state index is 0.00883. The lowest BCUT2D eigenvalue weighted by Gasteiger charge is -2.36. The Morgan fingerprint density at radius 2 is 1.74 bits per heavy atom. The van der Waals surface area contributed by atoms with Gasteiger partial charge >= 0.3 is 0 Å². The first-order valence-corrected chi connectivity index (χ1v) is 12.4. The van der Waals surface area contributed by atoms with Crippen molar-refractivity contribution in [2.75, 3.05) is 37.7 Å². The fraction of sp³-hybridized carbons (Fsp3) is 0.286. The number of ether oxygens (including phenoxy) is 1. The third-order valence-corrected chi connectivity index (χ3v) is 6.69. The molecule has 0 unspecified atom stereocenters. The van der Waals surface area contributed by atoms with Gasteiger partial charge in [0.1, 0.15) is 5.75 Å². The van der Waals surface area contributed by atoms with E-state index in [1.165, 1.54) is 0 Å². The van der Waals surface area contributed by atoms with E-state index in [0.717, 1.165) is 59.8 Å². The van der Waals surface area contributed by atoms with Crippen molar-refractivity contribution in [3.8, 4) is 5.75 Å². The Bertz CT molecular complexity index is 1360. The summed E-state index contributed by atoms with van der Waals surface area (Å²) in [6.07, 6.45) is 1.75. The van der Waals surface area contributed by atoms with Gasteiger partial charge < -0.3 is 14.2 Å².